The number of carbonyl (C=O) groups excluding carboxylic acids is 1. The zero-order valence-corrected chi connectivity index (χ0v) is 18.0. The van der Waals surface area contributed by atoms with Crippen LogP contribution in [0.15, 0.2) is 29.3 Å². The van der Waals surface area contributed by atoms with Gasteiger partial charge in [0.05, 0.1) is 7.11 Å². The SMILES string of the molecule is CCOCCCNC(=NCC(=O)N(C)C)NCCC(C)c1ccc(OC)cc1. The van der Waals surface area contributed by atoms with Gasteiger partial charge in [0.2, 0.25) is 5.91 Å². The van der Waals surface area contributed by atoms with E-state index in [9.17, 15) is 4.79 Å². The smallest absolute Gasteiger partial charge is 0.243 e. The highest BCUT2D eigenvalue weighted by molar-refractivity contribution is 5.84. The number of nitrogens with one attached hydrogen (secondary N) is 2. The van der Waals surface area contributed by atoms with Gasteiger partial charge < -0.3 is 25.0 Å². The Labute approximate surface area is 169 Å². The molecule has 0 aliphatic rings. The standard InChI is InChI=1S/C21H36N4O3/c1-6-28-15-7-13-22-21(24-16-20(26)25(3)4)23-14-12-17(2)18-8-10-19(27-5)11-9-18/h8-11,17H,6-7,12-16H2,1-5H3,(H2,22,23,24). The summed E-state index contributed by atoms with van der Waals surface area (Å²) in [6.07, 6.45) is 1.84. The first-order valence-electron chi connectivity index (χ1n) is 9.92. The third kappa shape index (κ3) is 9.60. The quantitative estimate of drug-likeness (QED) is 0.324. The first kappa shape index (κ1) is 23.8. The van der Waals surface area contributed by atoms with Crippen molar-refractivity contribution in [3.63, 3.8) is 0 Å². The lowest BCUT2D eigenvalue weighted by Crippen LogP contribution is -2.40. The molecule has 1 aromatic carbocycles. The number of benzene rings is 1. The van der Waals surface area contributed by atoms with Crippen molar-refractivity contribution >= 4 is 11.9 Å². The Hall–Kier alpha value is -2.28. The van der Waals surface area contributed by atoms with Crippen LogP contribution in [0.25, 0.3) is 0 Å². The molecule has 0 heterocycles. The topological polar surface area (TPSA) is 75.2 Å². The molecule has 0 saturated heterocycles. The number of aliphatic imine (C=N–C) groups is 1. The minimum atomic E-state index is -0.0259. The lowest BCUT2D eigenvalue weighted by atomic mass is 9.98. The average Bonchev–Trinajstić information content (AvgIpc) is 2.70. The highest BCUT2D eigenvalue weighted by Gasteiger charge is 2.08. The van der Waals surface area contributed by atoms with Crippen molar-refractivity contribution in [1.29, 1.82) is 0 Å². The van der Waals surface area contributed by atoms with Gasteiger partial charge in [-0.1, -0.05) is 19.1 Å². The van der Waals surface area contributed by atoms with Gasteiger partial charge in [-0.3, -0.25) is 4.79 Å². The summed E-state index contributed by atoms with van der Waals surface area (Å²) in [6, 6.07) is 8.17. The van der Waals surface area contributed by atoms with E-state index < -0.39 is 0 Å². The zero-order valence-electron chi connectivity index (χ0n) is 18.0. The van der Waals surface area contributed by atoms with Gasteiger partial charge in [0.1, 0.15) is 12.3 Å². The van der Waals surface area contributed by atoms with Crippen LogP contribution in [0.5, 0.6) is 5.75 Å². The second-order valence-electron chi connectivity index (χ2n) is 6.82. The van der Waals surface area contributed by atoms with Crippen LogP contribution in [-0.4, -0.2) is 70.8 Å². The van der Waals surface area contributed by atoms with Crippen LogP contribution in [0.1, 0.15) is 38.2 Å². The van der Waals surface area contributed by atoms with Gasteiger partial charge in [-0.2, -0.15) is 0 Å². The fraction of sp³-hybridized carbons (Fsp3) is 0.619. The summed E-state index contributed by atoms with van der Waals surface area (Å²) in [5.74, 6) is 1.90. The lowest BCUT2D eigenvalue weighted by molar-refractivity contribution is -0.127. The monoisotopic (exact) mass is 392 g/mol. The number of guanidine groups is 1. The van der Waals surface area contributed by atoms with E-state index in [0.29, 0.717) is 18.5 Å². The van der Waals surface area contributed by atoms with Crippen molar-refractivity contribution in [3.8, 4) is 5.75 Å². The number of amides is 1. The van der Waals surface area contributed by atoms with Crippen molar-refractivity contribution in [1.82, 2.24) is 15.5 Å². The van der Waals surface area contributed by atoms with Gasteiger partial charge in [0.25, 0.3) is 0 Å². The number of hydrogen-bond acceptors (Lipinski definition) is 4. The van der Waals surface area contributed by atoms with E-state index in [0.717, 1.165) is 38.3 Å². The van der Waals surface area contributed by atoms with E-state index in [1.54, 1.807) is 26.1 Å². The fourth-order valence-corrected chi connectivity index (χ4v) is 2.49. The molecule has 1 unspecified atom stereocenters. The molecule has 2 N–H and O–H groups in total. The first-order valence-corrected chi connectivity index (χ1v) is 9.92. The molecule has 0 aliphatic carbocycles. The summed E-state index contributed by atoms with van der Waals surface area (Å²) in [5, 5.41) is 6.60. The van der Waals surface area contributed by atoms with E-state index in [2.05, 4.69) is 34.7 Å². The van der Waals surface area contributed by atoms with E-state index >= 15 is 0 Å². The van der Waals surface area contributed by atoms with Crippen LogP contribution in [0.3, 0.4) is 0 Å². The Morgan fingerprint density at radius 2 is 1.86 bits per heavy atom. The van der Waals surface area contributed by atoms with E-state index in [1.165, 1.54) is 5.56 Å². The van der Waals surface area contributed by atoms with Gasteiger partial charge in [-0.15, -0.1) is 0 Å². The molecule has 1 aromatic rings. The molecule has 1 atom stereocenters. The van der Waals surface area contributed by atoms with Gasteiger partial charge in [-0.05, 0) is 43.4 Å². The molecule has 0 bridgehead atoms. The molecular formula is C21H36N4O3. The van der Waals surface area contributed by atoms with E-state index in [1.807, 2.05) is 19.1 Å². The van der Waals surface area contributed by atoms with Crippen LogP contribution < -0.4 is 15.4 Å². The minimum absolute atomic E-state index is 0.0259. The number of methoxy groups -OCH3 is 1. The molecule has 1 rings (SSSR count). The predicted octanol–water partition coefficient (Wildman–Crippen LogP) is 2.24. The number of carbonyl (C=O) groups is 1. The summed E-state index contributed by atoms with van der Waals surface area (Å²) in [6.45, 7) is 7.25. The van der Waals surface area contributed by atoms with Gasteiger partial charge in [-0.25, -0.2) is 4.99 Å². The summed E-state index contributed by atoms with van der Waals surface area (Å²) >= 11 is 0. The molecule has 0 aliphatic heterocycles. The molecule has 28 heavy (non-hydrogen) atoms. The zero-order chi connectivity index (χ0) is 20.8. The molecule has 0 saturated carbocycles. The summed E-state index contributed by atoms with van der Waals surface area (Å²) in [4.78, 5) is 17.8. The Bertz CT molecular complexity index is 588. The highest BCUT2D eigenvalue weighted by atomic mass is 16.5. The van der Waals surface area contributed by atoms with Crippen LogP contribution >= 0.6 is 0 Å². The van der Waals surface area contributed by atoms with Gasteiger partial charge in [0.15, 0.2) is 5.96 Å². The van der Waals surface area contributed by atoms with Gasteiger partial charge in [0, 0.05) is 40.4 Å². The van der Waals surface area contributed by atoms with Crippen molar-refractivity contribution in [3.05, 3.63) is 29.8 Å². The normalized spacial score (nSPS) is 12.4. The lowest BCUT2D eigenvalue weighted by Gasteiger charge is -2.16. The first-order chi connectivity index (χ1) is 13.5. The second kappa shape index (κ2) is 13.8. The Morgan fingerprint density at radius 1 is 1.18 bits per heavy atom. The van der Waals surface area contributed by atoms with Crippen molar-refractivity contribution < 1.29 is 14.3 Å². The summed E-state index contributed by atoms with van der Waals surface area (Å²) in [5.41, 5.74) is 1.27. The van der Waals surface area contributed by atoms with Crippen molar-refractivity contribution in [2.45, 2.75) is 32.6 Å². The molecule has 0 spiro atoms. The molecule has 158 valence electrons. The summed E-state index contributed by atoms with van der Waals surface area (Å²) in [7, 11) is 5.14. The van der Waals surface area contributed by atoms with Crippen LogP contribution in [-0.2, 0) is 9.53 Å². The summed E-state index contributed by atoms with van der Waals surface area (Å²) < 4.78 is 10.6. The molecule has 0 radical (unpaired) electrons. The highest BCUT2D eigenvalue weighted by Crippen LogP contribution is 2.21. The molecule has 0 aromatic heterocycles. The van der Waals surface area contributed by atoms with E-state index in [4.69, 9.17) is 9.47 Å². The molecule has 1 amide bonds. The molecule has 7 nitrogen and oxygen atoms in total. The maximum Gasteiger partial charge on any atom is 0.243 e. The van der Waals surface area contributed by atoms with Gasteiger partial charge >= 0.3 is 0 Å². The Balaban J connectivity index is 2.51. The maximum atomic E-state index is 11.8. The average molecular weight is 393 g/mol. The molecular weight excluding hydrogens is 356 g/mol. The third-order valence-electron chi connectivity index (χ3n) is 4.39. The number of hydrogen-bond donors (Lipinski definition) is 2. The Kier molecular flexibility index (Phi) is 11.7. The van der Waals surface area contributed by atoms with Crippen molar-refractivity contribution in [2.75, 3.05) is 54.1 Å². The third-order valence-corrected chi connectivity index (χ3v) is 4.39. The molecule has 0 fully saturated rings. The molecule has 7 heteroatoms. The fourth-order valence-electron chi connectivity index (χ4n) is 2.49. The predicted molar refractivity (Wildman–Crippen MR) is 114 cm³/mol. The van der Waals surface area contributed by atoms with E-state index in [-0.39, 0.29) is 12.5 Å². The maximum absolute atomic E-state index is 11.8. The Morgan fingerprint density at radius 3 is 2.46 bits per heavy atom. The minimum Gasteiger partial charge on any atom is -0.497 e. The van der Waals surface area contributed by atoms with Crippen LogP contribution in [0.4, 0.5) is 0 Å². The second-order valence-corrected chi connectivity index (χ2v) is 6.82. The van der Waals surface area contributed by atoms with Crippen molar-refractivity contribution in [2.24, 2.45) is 4.99 Å². The van der Waals surface area contributed by atoms with Crippen LogP contribution in [0.2, 0.25) is 0 Å². The largest absolute Gasteiger partial charge is 0.497 e. The van der Waals surface area contributed by atoms with Crippen LogP contribution in [0, 0.1) is 0 Å². The number of rotatable bonds is 12. The number of nitrogens with zero attached hydrogens (tertiary/aromatic N) is 2. The number of ether oxygens (including phenoxy) is 2. The number of likely N-dealkylation sites (N-methyl/N-ethyl adjacent to an activating group) is 1.